The van der Waals surface area contributed by atoms with Crippen molar-refractivity contribution in [2.45, 2.75) is 18.7 Å². The van der Waals surface area contributed by atoms with Crippen LogP contribution in [-0.4, -0.2) is 11.1 Å². The molecule has 3 rings (SSSR count). The van der Waals surface area contributed by atoms with Gasteiger partial charge in [0.25, 0.3) is 0 Å². The Labute approximate surface area is 113 Å². The number of nitrogens with one attached hydrogen (secondary N) is 1. The van der Waals surface area contributed by atoms with E-state index in [-0.39, 0.29) is 6.04 Å². The molecule has 2 aromatic carbocycles. The van der Waals surface area contributed by atoms with Crippen molar-refractivity contribution in [1.29, 1.82) is 0 Å². The first-order valence-corrected chi connectivity index (χ1v) is 6.57. The quantitative estimate of drug-likeness (QED) is 0.879. The van der Waals surface area contributed by atoms with Crippen molar-refractivity contribution in [1.82, 2.24) is 5.32 Å². The van der Waals surface area contributed by atoms with E-state index in [2.05, 4.69) is 23.5 Å². The maximum Gasteiger partial charge on any atom is 0.0984 e. The lowest BCUT2D eigenvalue weighted by atomic mass is 9.91. The van der Waals surface area contributed by atoms with Crippen molar-refractivity contribution in [2.75, 3.05) is 0 Å². The molecular formula is C17H17NO. The zero-order chi connectivity index (χ0) is 13.1. The summed E-state index contributed by atoms with van der Waals surface area (Å²) in [4.78, 5) is 0. The van der Waals surface area contributed by atoms with E-state index in [0.717, 1.165) is 17.7 Å². The normalized spacial score (nSPS) is 21.1. The molecule has 2 heteroatoms. The second kappa shape index (κ2) is 5.39. The highest BCUT2D eigenvalue weighted by Crippen LogP contribution is 2.27. The summed E-state index contributed by atoms with van der Waals surface area (Å²) >= 11 is 0. The monoisotopic (exact) mass is 251 g/mol. The second-order valence-electron chi connectivity index (χ2n) is 4.83. The number of fused-ring (bicyclic) bond motifs is 1. The topological polar surface area (TPSA) is 32.3 Å². The van der Waals surface area contributed by atoms with E-state index in [1.807, 2.05) is 48.5 Å². The van der Waals surface area contributed by atoms with Crippen LogP contribution < -0.4 is 5.32 Å². The van der Waals surface area contributed by atoms with E-state index in [0.29, 0.717) is 0 Å². The summed E-state index contributed by atoms with van der Waals surface area (Å²) in [6.45, 7) is 0.759. The van der Waals surface area contributed by atoms with E-state index in [1.165, 1.54) is 5.56 Å². The Balaban J connectivity index is 1.71. The summed E-state index contributed by atoms with van der Waals surface area (Å²) in [5.74, 6) is 0. The van der Waals surface area contributed by atoms with Crippen molar-refractivity contribution in [3.8, 4) is 0 Å². The zero-order valence-electron chi connectivity index (χ0n) is 10.7. The van der Waals surface area contributed by atoms with Gasteiger partial charge in [-0.25, -0.2) is 0 Å². The molecule has 1 unspecified atom stereocenters. The van der Waals surface area contributed by atoms with Crippen LogP contribution in [0.4, 0.5) is 0 Å². The fourth-order valence-electron chi connectivity index (χ4n) is 2.45. The number of aliphatic hydroxyl groups excluding tert-OH is 1. The van der Waals surface area contributed by atoms with Gasteiger partial charge >= 0.3 is 0 Å². The van der Waals surface area contributed by atoms with Gasteiger partial charge in [-0.15, -0.1) is 0 Å². The van der Waals surface area contributed by atoms with E-state index < -0.39 is 6.10 Å². The molecule has 1 aliphatic carbocycles. The lowest BCUT2D eigenvalue weighted by Gasteiger charge is -2.26. The first kappa shape index (κ1) is 12.2. The van der Waals surface area contributed by atoms with Crippen LogP contribution >= 0.6 is 0 Å². The van der Waals surface area contributed by atoms with Crippen LogP contribution in [0.15, 0.2) is 60.7 Å². The summed E-state index contributed by atoms with van der Waals surface area (Å²) < 4.78 is 0. The molecule has 0 saturated heterocycles. The highest BCUT2D eigenvalue weighted by atomic mass is 16.3. The van der Waals surface area contributed by atoms with Gasteiger partial charge in [-0.05, 0) is 16.7 Å². The Kier molecular flexibility index (Phi) is 3.45. The molecule has 0 aromatic heterocycles. The predicted molar refractivity (Wildman–Crippen MR) is 77.5 cm³/mol. The Morgan fingerprint density at radius 3 is 2.53 bits per heavy atom. The molecule has 1 aliphatic rings. The molecule has 0 bridgehead atoms. The molecular weight excluding hydrogens is 234 g/mol. The van der Waals surface area contributed by atoms with Gasteiger partial charge in [0.2, 0.25) is 0 Å². The van der Waals surface area contributed by atoms with Crippen molar-refractivity contribution < 1.29 is 5.11 Å². The van der Waals surface area contributed by atoms with Gasteiger partial charge in [0, 0.05) is 6.54 Å². The molecule has 96 valence electrons. The van der Waals surface area contributed by atoms with Gasteiger partial charge in [-0.2, -0.15) is 0 Å². The lowest BCUT2D eigenvalue weighted by molar-refractivity contribution is 0.145. The van der Waals surface area contributed by atoms with E-state index in [9.17, 15) is 5.11 Å². The summed E-state index contributed by atoms with van der Waals surface area (Å²) in [6, 6.07) is 18.2. The van der Waals surface area contributed by atoms with Crippen LogP contribution in [0.3, 0.4) is 0 Å². The second-order valence-corrected chi connectivity index (χ2v) is 4.83. The molecule has 2 nitrogen and oxygen atoms in total. The molecule has 2 atom stereocenters. The third kappa shape index (κ3) is 2.60. The van der Waals surface area contributed by atoms with Gasteiger partial charge in [-0.1, -0.05) is 66.7 Å². The number of rotatable bonds is 3. The summed E-state index contributed by atoms with van der Waals surface area (Å²) in [6.07, 6.45) is 3.63. The molecule has 0 fully saturated rings. The number of hydrogen-bond donors (Lipinski definition) is 2. The van der Waals surface area contributed by atoms with Crippen LogP contribution in [0.2, 0.25) is 0 Å². The van der Waals surface area contributed by atoms with Gasteiger partial charge in [0.15, 0.2) is 0 Å². The lowest BCUT2D eigenvalue weighted by Crippen LogP contribution is -2.34. The van der Waals surface area contributed by atoms with Crippen molar-refractivity contribution in [3.05, 3.63) is 77.4 Å². The third-order valence-corrected chi connectivity index (χ3v) is 3.52. The number of aliphatic hydroxyl groups is 1. The maximum atomic E-state index is 10.4. The van der Waals surface area contributed by atoms with E-state index >= 15 is 0 Å². The number of hydrogen-bond acceptors (Lipinski definition) is 2. The minimum absolute atomic E-state index is 0.0323. The standard InChI is InChI=1S/C17H17NO/c19-17-15-9-5-4-8-14(15)10-11-16(17)18-12-13-6-2-1-3-7-13/h1-11,16-19H,12H2/t16-,17?/m1/s1. The van der Waals surface area contributed by atoms with Crippen molar-refractivity contribution in [3.63, 3.8) is 0 Å². The fraction of sp³-hybridized carbons (Fsp3) is 0.176. The Morgan fingerprint density at radius 2 is 1.68 bits per heavy atom. The molecule has 0 saturated carbocycles. The molecule has 0 spiro atoms. The predicted octanol–water partition coefficient (Wildman–Crippen LogP) is 2.91. The molecule has 0 heterocycles. The fourth-order valence-corrected chi connectivity index (χ4v) is 2.45. The first-order valence-electron chi connectivity index (χ1n) is 6.57. The van der Waals surface area contributed by atoms with Crippen LogP contribution in [0.25, 0.3) is 6.08 Å². The zero-order valence-corrected chi connectivity index (χ0v) is 10.7. The SMILES string of the molecule is OC1c2ccccc2C=C[C@H]1NCc1ccccc1. The average Bonchev–Trinajstić information content (AvgIpc) is 2.48. The highest BCUT2D eigenvalue weighted by Gasteiger charge is 2.23. The molecule has 19 heavy (non-hydrogen) atoms. The first-order chi connectivity index (χ1) is 9.34. The van der Waals surface area contributed by atoms with Crippen LogP contribution in [0.1, 0.15) is 22.8 Å². The van der Waals surface area contributed by atoms with Gasteiger partial charge in [0.05, 0.1) is 12.1 Å². The maximum absolute atomic E-state index is 10.4. The minimum Gasteiger partial charge on any atom is -0.386 e. The molecule has 0 amide bonds. The minimum atomic E-state index is -0.482. The van der Waals surface area contributed by atoms with Crippen LogP contribution in [0, 0.1) is 0 Å². The van der Waals surface area contributed by atoms with Crippen molar-refractivity contribution >= 4 is 6.08 Å². The molecule has 0 radical (unpaired) electrons. The van der Waals surface area contributed by atoms with Gasteiger partial charge < -0.3 is 10.4 Å². The van der Waals surface area contributed by atoms with Crippen LogP contribution in [0.5, 0.6) is 0 Å². The number of benzene rings is 2. The van der Waals surface area contributed by atoms with E-state index in [1.54, 1.807) is 0 Å². The molecule has 2 aromatic rings. The Morgan fingerprint density at radius 1 is 0.947 bits per heavy atom. The Hall–Kier alpha value is -1.90. The van der Waals surface area contributed by atoms with Gasteiger partial charge in [-0.3, -0.25) is 0 Å². The highest BCUT2D eigenvalue weighted by molar-refractivity contribution is 5.58. The van der Waals surface area contributed by atoms with Crippen molar-refractivity contribution in [2.24, 2.45) is 0 Å². The largest absolute Gasteiger partial charge is 0.386 e. The molecule has 2 N–H and O–H groups in total. The third-order valence-electron chi connectivity index (χ3n) is 3.52. The smallest absolute Gasteiger partial charge is 0.0984 e. The summed E-state index contributed by atoms with van der Waals surface area (Å²) in [5, 5.41) is 13.8. The summed E-state index contributed by atoms with van der Waals surface area (Å²) in [7, 11) is 0. The molecule has 0 aliphatic heterocycles. The average molecular weight is 251 g/mol. The van der Waals surface area contributed by atoms with E-state index in [4.69, 9.17) is 0 Å². The van der Waals surface area contributed by atoms with Gasteiger partial charge in [0.1, 0.15) is 0 Å². The summed E-state index contributed by atoms with van der Waals surface area (Å²) in [5.41, 5.74) is 3.32. The Bertz CT molecular complexity index is 577. The van der Waals surface area contributed by atoms with Crippen LogP contribution in [-0.2, 0) is 6.54 Å².